The molecule has 8 heteroatoms. The molecule has 5 rings (SSSR count). The number of aromatic nitrogens is 2. The van der Waals surface area contributed by atoms with Gasteiger partial charge in [-0.05, 0) is 36.4 Å². The summed E-state index contributed by atoms with van der Waals surface area (Å²) in [5, 5.41) is 7.96. The van der Waals surface area contributed by atoms with Gasteiger partial charge in [0, 0.05) is 22.4 Å². The average molecular weight is 454 g/mol. The molecule has 0 spiro atoms. The molecule has 4 aromatic rings. The number of hydrogen-bond acceptors (Lipinski definition) is 6. The van der Waals surface area contributed by atoms with Gasteiger partial charge < -0.3 is 5.32 Å². The van der Waals surface area contributed by atoms with Crippen molar-refractivity contribution < 1.29 is 4.79 Å². The second-order valence-electron chi connectivity index (χ2n) is 7.07. The van der Waals surface area contributed by atoms with Crippen molar-refractivity contribution in [2.45, 2.75) is 29.7 Å². The number of thiophene rings is 2. The van der Waals surface area contributed by atoms with Gasteiger partial charge in [-0.15, -0.1) is 22.7 Å². The molecule has 1 aliphatic heterocycles. The molecule has 0 bridgehead atoms. The molecular formula is C22H19N3O2S3. The van der Waals surface area contributed by atoms with Crippen molar-refractivity contribution in [1.29, 1.82) is 0 Å². The lowest BCUT2D eigenvalue weighted by Gasteiger charge is -2.16. The quantitative estimate of drug-likeness (QED) is 0.445. The van der Waals surface area contributed by atoms with Crippen LogP contribution in [0.15, 0.2) is 63.2 Å². The van der Waals surface area contributed by atoms with E-state index in [0.717, 1.165) is 35.4 Å². The molecule has 30 heavy (non-hydrogen) atoms. The fraction of sp³-hybridized carbons (Fsp3) is 0.227. The van der Waals surface area contributed by atoms with E-state index in [1.807, 2.05) is 53.2 Å². The first-order chi connectivity index (χ1) is 14.7. The summed E-state index contributed by atoms with van der Waals surface area (Å²) in [7, 11) is 0. The molecule has 152 valence electrons. The van der Waals surface area contributed by atoms with E-state index in [2.05, 4.69) is 5.32 Å². The highest BCUT2D eigenvalue weighted by Gasteiger charge is 2.26. The Kier molecular flexibility index (Phi) is 5.45. The molecule has 0 radical (unpaired) electrons. The van der Waals surface area contributed by atoms with Crippen LogP contribution in [0, 0.1) is 0 Å². The second-order valence-corrected chi connectivity index (χ2v) is 10.0. The van der Waals surface area contributed by atoms with Gasteiger partial charge in [-0.3, -0.25) is 14.2 Å². The van der Waals surface area contributed by atoms with Crippen LogP contribution < -0.4 is 10.9 Å². The second kappa shape index (κ2) is 8.37. The van der Waals surface area contributed by atoms with Crippen LogP contribution in [0.4, 0.5) is 0 Å². The molecule has 1 aliphatic rings. The van der Waals surface area contributed by atoms with Gasteiger partial charge in [0.2, 0.25) is 5.91 Å². The van der Waals surface area contributed by atoms with Crippen LogP contribution in [-0.2, 0) is 4.79 Å². The fourth-order valence-electron chi connectivity index (χ4n) is 3.62. The average Bonchev–Trinajstić information content (AvgIpc) is 3.39. The van der Waals surface area contributed by atoms with Crippen molar-refractivity contribution >= 4 is 50.6 Å². The van der Waals surface area contributed by atoms with E-state index in [1.165, 1.54) is 23.1 Å². The van der Waals surface area contributed by atoms with E-state index in [4.69, 9.17) is 4.98 Å². The van der Waals surface area contributed by atoms with Crippen molar-refractivity contribution in [3.63, 3.8) is 0 Å². The number of amides is 1. The van der Waals surface area contributed by atoms with Gasteiger partial charge in [-0.2, -0.15) is 0 Å². The Labute approximate surface area is 185 Å². The van der Waals surface area contributed by atoms with Crippen LogP contribution in [-0.4, -0.2) is 27.3 Å². The first-order valence-corrected chi connectivity index (χ1v) is 12.4. The van der Waals surface area contributed by atoms with Crippen LogP contribution in [0.25, 0.3) is 26.3 Å². The summed E-state index contributed by atoms with van der Waals surface area (Å²) in [4.78, 5) is 32.9. The van der Waals surface area contributed by atoms with Gasteiger partial charge in [0.15, 0.2) is 5.16 Å². The fourth-order valence-corrected chi connectivity index (χ4v) is 6.60. The molecule has 1 unspecified atom stereocenters. The minimum Gasteiger partial charge on any atom is -0.355 e. The molecule has 4 heterocycles. The van der Waals surface area contributed by atoms with E-state index in [0.29, 0.717) is 21.9 Å². The molecule has 5 nitrogen and oxygen atoms in total. The van der Waals surface area contributed by atoms with Crippen LogP contribution in [0.2, 0.25) is 0 Å². The van der Waals surface area contributed by atoms with Gasteiger partial charge in [0.1, 0.15) is 4.83 Å². The highest BCUT2D eigenvalue weighted by atomic mass is 32.2. The smallest absolute Gasteiger partial charge is 0.268 e. The molecule has 1 amide bonds. The van der Waals surface area contributed by atoms with Crippen LogP contribution >= 0.6 is 34.4 Å². The number of fused-ring (bicyclic) bond motifs is 1. The van der Waals surface area contributed by atoms with Gasteiger partial charge in [0.25, 0.3) is 5.56 Å². The summed E-state index contributed by atoms with van der Waals surface area (Å²) in [6, 6.07) is 13.6. The number of hydrogen-bond donors (Lipinski definition) is 1. The van der Waals surface area contributed by atoms with Crippen LogP contribution in [0.5, 0.6) is 0 Å². The third-order valence-corrected chi connectivity index (χ3v) is 8.10. The number of carbonyl (C=O) groups is 1. The third-order valence-electron chi connectivity index (χ3n) is 5.11. The van der Waals surface area contributed by atoms with E-state index in [1.54, 1.807) is 15.9 Å². The predicted molar refractivity (Wildman–Crippen MR) is 125 cm³/mol. The van der Waals surface area contributed by atoms with E-state index < -0.39 is 0 Å². The number of benzene rings is 1. The van der Waals surface area contributed by atoms with E-state index in [9.17, 15) is 9.59 Å². The van der Waals surface area contributed by atoms with Crippen LogP contribution in [0.3, 0.4) is 0 Å². The topological polar surface area (TPSA) is 64.0 Å². The summed E-state index contributed by atoms with van der Waals surface area (Å²) in [6.45, 7) is 0.711. The third kappa shape index (κ3) is 3.59. The molecule has 0 saturated carbocycles. The lowest BCUT2D eigenvalue weighted by Crippen LogP contribution is -2.31. The van der Waals surface area contributed by atoms with Crippen molar-refractivity contribution in [3.8, 4) is 16.1 Å². The minimum absolute atomic E-state index is 0.0249. The number of thioether (sulfide) groups is 1. The summed E-state index contributed by atoms with van der Waals surface area (Å²) in [5.41, 5.74) is 1.60. The predicted octanol–water partition coefficient (Wildman–Crippen LogP) is 4.94. The normalized spacial score (nSPS) is 17.1. The van der Waals surface area contributed by atoms with E-state index >= 15 is 0 Å². The van der Waals surface area contributed by atoms with Crippen molar-refractivity contribution in [3.05, 3.63) is 63.6 Å². The molecule has 3 aromatic heterocycles. The molecule has 1 N–H and O–H groups in total. The summed E-state index contributed by atoms with van der Waals surface area (Å²) >= 11 is 4.49. The number of nitrogens with zero attached hydrogens (tertiary/aromatic N) is 2. The molecule has 1 fully saturated rings. The molecular weight excluding hydrogens is 434 g/mol. The Hall–Kier alpha value is -2.42. The molecule has 1 atom stereocenters. The zero-order chi connectivity index (χ0) is 20.5. The molecule has 0 aliphatic carbocycles. The van der Waals surface area contributed by atoms with Crippen molar-refractivity contribution in [1.82, 2.24) is 14.9 Å². The zero-order valence-corrected chi connectivity index (χ0v) is 18.5. The largest absolute Gasteiger partial charge is 0.355 e. The Bertz CT molecular complexity index is 1250. The van der Waals surface area contributed by atoms with Crippen LogP contribution in [0.1, 0.15) is 19.3 Å². The lowest BCUT2D eigenvalue weighted by atomic mass is 10.2. The molecule has 1 saturated heterocycles. The summed E-state index contributed by atoms with van der Waals surface area (Å²) < 4.78 is 1.66. The maximum Gasteiger partial charge on any atom is 0.268 e. The highest BCUT2D eigenvalue weighted by Crippen LogP contribution is 2.36. The maximum absolute atomic E-state index is 13.7. The van der Waals surface area contributed by atoms with Crippen molar-refractivity contribution in [2.24, 2.45) is 0 Å². The Morgan fingerprint density at radius 3 is 2.73 bits per heavy atom. The Balaban J connectivity index is 1.70. The highest BCUT2D eigenvalue weighted by molar-refractivity contribution is 8.00. The number of carbonyl (C=O) groups excluding carboxylic acids is 1. The van der Waals surface area contributed by atoms with Gasteiger partial charge in [-0.1, -0.05) is 42.4 Å². The van der Waals surface area contributed by atoms with Gasteiger partial charge in [0.05, 0.1) is 16.3 Å². The van der Waals surface area contributed by atoms with Gasteiger partial charge >= 0.3 is 0 Å². The van der Waals surface area contributed by atoms with E-state index in [-0.39, 0.29) is 16.7 Å². The first kappa shape index (κ1) is 19.5. The molecule has 1 aromatic carbocycles. The number of para-hydroxylation sites is 1. The lowest BCUT2D eigenvalue weighted by molar-refractivity contribution is -0.120. The number of rotatable bonds is 4. The van der Waals surface area contributed by atoms with Crippen molar-refractivity contribution in [2.75, 3.05) is 6.54 Å². The first-order valence-electron chi connectivity index (χ1n) is 9.80. The number of nitrogens with one attached hydrogen (secondary N) is 1. The monoisotopic (exact) mass is 453 g/mol. The minimum atomic E-state index is -0.247. The Morgan fingerprint density at radius 2 is 1.93 bits per heavy atom. The SMILES string of the molecule is O=C1NCCCCC1Sc1nc2scc(-c3cccs3)c2c(=O)n1-c1ccccc1. The summed E-state index contributed by atoms with van der Waals surface area (Å²) in [6.07, 6.45) is 2.75. The Morgan fingerprint density at radius 1 is 1.07 bits per heavy atom. The standard InChI is InChI=1S/C22H19N3O2S3/c26-19-17(9-4-5-11-23-19)30-22-24-20-18(15(13-29-20)16-10-6-12-28-16)21(27)25(22)14-7-2-1-3-8-14/h1-3,6-8,10,12-13,17H,4-5,9,11H2,(H,23,26). The van der Waals surface area contributed by atoms with Gasteiger partial charge in [-0.25, -0.2) is 4.98 Å². The maximum atomic E-state index is 13.7. The summed E-state index contributed by atoms with van der Waals surface area (Å²) in [5.74, 6) is 0.0249. The zero-order valence-electron chi connectivity index (χ0n) is 16.0.